The Labute approximate surface area is 232 Å². The first kappa shape index (κ1) is 27.0. The fourth-order valence-corrected chi connectivity index (χ4v) is 6.29. The maximum Gasteiger partial charge on any atom is 0.246 e. The van der Waals surface area contributed by atoms with Crippen LogP contribution < -0.4 is 5.73 Å². The number of nitrogen functional groups attached to an aromatic ring is 1. The topological polar surface area (TPSA) is 151 Å². The molecule has 5 rings (SSSR count). The van der Waals surface area contributed by atoms with Crippen molar-refractivity contribution in [3.63, 3.8) is 0 Å². The van der Waals surface area contributed by atoms with Crippen LogP contribution in [0.4, 0.5) is 5.82 Å². The standard InChI is InChI=1S/C28H28N8O3S/c1-3-24(37)35-14-6-8-22(17-35)36-28-25(27(30)31-18-32-28)26(33-36)20-12-10-19(11-13-20)16-34(2)40(38,39)23-9-5-4-7-21(23)15-29/h3-5,7,9-13,18,22H,1,6,8,14,16-17H2,2H3,(H2,30,31,32)/t22-/m1/s1. The summed E-state index contributed by atoms with van der Waals surface area (Å²) in [5, 5.41) is 14.8. The van der Waals surface area contributed by atoms with E-state index >= 15 is 0 Å². The Balaban J connectivity index is 1.44. The minimum absolute atomic E-state index is 0.0276. The minimum atomic E-state index is -3.87. The average molecular weight is 557 g/mol. The van der Waals surface area contributed by atoms with Gasteiger partial charge in [0.25, 0.3) is 0 Å². The molecule has 3 heterocycles. The number of nitriles is 1. The van der Waals surface area contributed by atoms with Gasteiger partial charge in [-0.05, 0) is 36.6 Å². The number of nitrogens with zero attached hydrogens (tertiary/aromatic N) is 7. The summed E-state index contributed by atoms with van der Waals surface area (Å²) in [6, 6.07) is 15.4. The minimum Gasteiger partial charge on any atom is -0.383 e. The Morgan fingerprint density at radius 1 is 1.23 bits per heavy atom. The lowest BCUT2D eigenvalue weighted by Gasteiger charge is -2.32. The van der Waals surface area contributed by atoms with Crippen molar-refractivity contribution in [1.82, 2.24) is 29.0 Å². The SMILES string of the molecule is C=CC(=O)N1CCC[C@@H](n2nc(-c3ccc(CN(C)S(=O)(=O)c4ccccc4C#N)cc3)c3c(N)ncnc32)C1. The number of hydrogen-bond acceptors (Lipinski definition) is 8. The Hall–Kier alpha value is -4.60. The molecule has 0 saturated carbocycles. The van der Waals surface area contributed by atoms with E-state index in [0.29, 0.717) is 35.6 Å². The molecule has 12 heteroatoms. The molecular formula is C28H28N8O3S. The van der Waals surface area contributed by atoms with Crippen molar-refractivity contribution in [2.24, 2.45) is 0 Å². The maximum atomic E-state index is 13.1. The summed E-state index contributed by atoms with van der Waals surface area (Å²) in [7, 11) is -2.39. The number of amides is 1. The van der Waals surface area contributed by atoms with E-state index in [1.54, 1.807) is 17.0 Å². The van der Waals surface area contributed by atoms with Gasteiger partial charge in [-0.25, -0.2) is 23.1 Å². The van der Waals surface area contributed by atoms with Gasteiger partial charge in [-0.3, -0.25) is 4.79 Å². The van der Waals surface area contributed by atoms with Gasteiger partial charge in [-0.15, -0.1) is 0 Å². The molecule has 4 aromatic rings. The molecule has 1 fully saturated rings. The Morgan fingerprint density at radius 3 is 2.70 bits per heavy atom. The second-order valence-corrected chi connectivity index (χ2v) is 11.6. The number of aromatic nitrogens is 4. The van der Waals surface area contributed by atoms with Crippen LogP contribution in [0.25, 0.3) is 22.3 Å². The van der Waals surface area contributed by atoms with E-state index < -0.39 is 10.0 Å². The smallest absolute Gasteiger partial charge is 0.246 e. The number of carbonyl (C=O) groups is 1. The van der Waals surface area contributed by atoms with Crippen molar-refractivity contribution in [3.8, 4) is 17.3 Å². The summed E-state index contributed by atoms with van der Waals surface area (Å²) in [5.74, 6) is 0.182. The largest absolute Gasteiger partial charge is 0.383 e. The summed E-state index contributed by atoms with van der Waals surface area (Å²) >= 11 is 0. The third-order valence-electron chi connectivity index (χ3n) is 7.08. The molecule has 1 amide bonds. The lowest BCUT2D eigenvalue weighted by Crippen LogP contribution is -2.40. The van der Waals surface area contributed by atoms with Crippen LogP contribution in [-0.2, 0) is 21.4 Å². The highest BCUT2D eigenvalue weighted by molar-refractivity contribution is 7.89. The highest BCUT2D eigenvalue weighted by Gasteiger charge is 2.28. The van der Waals surface area contributed by atoms with Gasteiger partial charge in [0.05, 0.1) is 21.9 Å². The Kier molecular flexibility index (Phi) is 7.34. The van der Waals surface area contributed by atoms with E-state index in [4.69, 9.17) is 10.8 Å². The lowest BCUT2D eigenvalue weighted by atomic mass is 10.1. The van der Waals surface area contributed by atoms with Crippen molar-refractivity contribution < 1.29 is 13.2 Å². The number of anilines is 1. The van der Waals surface area contributed by atoms with Crippen LogP contribution in [0.15, 0.2) is 72.4 Å². The van der Waals surface area contributed by atoms with Crippen LogP contribution in [-0.4, -0.2) is 63.4 Å². The van der Waals surface area contributed by atoms with E-state index in [0.717, 1.165) is 24.0 Å². The number of sulfonamides is 1. The highest BCUT2D eigenvalue weighted by atomic mass is 32.2. The molecule has 0 aliphatic carbocycles. The fourth-order valence-electron chi connectivity index (χ4n) is 5.00. The maximum absolute atomic E-state index is 13.1. The molecule has 0 unspecified atom stereocenters. The van der Waals surface area contributed by atoms with Crippen LogP contribution in [0.1, 0.15) is 30.0 Å². The van der Waals surface area contributed by atoms with Crippen LogP contribution in [0.2, 0.25) is 0 Å². The predicted molar refractivity (Wildman–Crippen MR) is 150 cm³/mol. The molecule has 11 nitrogen and oxygen atoms in total. The molecule has 0 bridgehead atoms. The first-order valence-electron chi connectivity index (χ1n) is 12.7. The number of benzene rings is 2. The van der Waals surface area contributed by atoms with Crippen molar-refractivity contribution in [3.05, 3.63) is 78.6 Å². The first-order valence-corrected chi connectivity index (χ1v) is 14.1. The molecule has 1 aliphatic heterocycles. The predicted octanol–water partition coefficient (Wildman–Crippen LogP) is 3.12. The lowest BCUT2D eigenvalue weighted by molar-refractivity contribution is -0.127. The zero-order valence-electron chi connectivity index (χ0n) is 21.9. The third-order valence-corrected chi connectivity index (χ3v) is 8.94. The van der Waals surface area contributed by atoms with Crippen molar-refractivity contribution >= 4 is 32.8 Å². The number of fused-ring (bicyclic) bond motifs is 1. The monoisotopic (exact) mass is 556 g/mol. The van der Waals surface area contributed by atoms with Gasteiger partial charge in [0, 0.05) is 32.2 Å². The average Bonchev–Trinajstić information content (AvgIpc) is 3.38. The molecule has 1 atom stereocenters. The first-order chi connectivity index (χ1) is 19.2. The zero-order chi connectivity index (χ0) is 28.4. The molecule has 40 heavy (non-hydrogen) atoms. The number of likely N-dealkylation sites (tertiary alicyclic amines) is 1. The number of piperidine rings is 1. The van der Waals surface area contributed by atoms with Gasteiger partial charge in [0.1, 0.15) is 23.9 Å². The summed E-state index contributed by atoms with van der Waals surface area (Å²) in [4.78, 5) is 22.6. The molecule has 0 radical (unpaired) electrons. The van der Waals surface area contributed by atoms with E-state index in [1.807, 2.05) is 35.0 Å². The molecule has 1 aliphatic rings. The van der Waals surface area contributed by atoms with Crippen LogP contribution in [0.5, 0.6) is 0 Å². The summed E-state index contributed by atoms with van der Waals surface area (Å²) in [5.41, 5.74) is 9.09. The van der Waals surface area contributed by atoms with E-state index in [-0.39, 0.29) is 29.0 Å². The number of carbonyl (C=O) groups excluding carboxylic acids is 1. The van der Waals surface area contributed by atoms with Crippen LogP contribution in [0.3, 0.4) is 0 Å². The summed E-state index contributed by atoms with van der Waals surface area (Å²) in [6.07, 6.45) is 4.38. The van der Waals surface area contributed by atoms with Gasteiger partial charge < -0.3 is 10.6 Å². The van der Waals surface area contributed by atoms with Crippen LogP contribution in [0, 0.1) is 11.3 Å². The van der Waals surface area contributed by atoms with Gasteiger partial charge in [0.15, 0.2) is 5.65 Å². The van der Waals surface area contributed by atoms with Crippen molar-refractivity contribution in [2.75, 3.05) is 25.9 Å². The second-order valence-electron chi connectivity index (χ2n) is 9.60. The molecular weight excluding hydrogens is 528 g/mol. The molecule has 1 saturated heterocycles. The molecule has 0 spiro atoms. The van der Waals surface area contributed by atoms with Gasteiger partial charge in [-0.1, -0.05) is 43.0 Å². The van der Waals surface area contributed by atoms with E-state index in [1.165, 1.54) is 35.9 Å². The Morgan fingerprint density at radius 2 is 1.98 bits per heavy atom. The molecule has 2 aromatic heterocycles. The van der Waals surface area contributed by atoms with E-state index in [9.17, 15) is 18.5 Å². The highest BCUT2D eigenvalue weighted by Crippen LogP contribution is 2.34. The number of hydrogen-bond donors (Lipinski definition) is 1. The normalized spacial score (nSPS) is 15.7. The van der Waals surface area contributed by atoms with Gasteiger partial charge in [-0.2, -0.15) is 14.7 Å². The quantitative estimate of drug-likeness (QED) is 0.341. The molecule has 204 valence electrons. The summed E-state index contributed by atoms with van der Waals surface area (Å²) in [6.45, 7) is 4.86. The number of nitrogens with two attached hydrogens (primary N) is 1. The second kappa shape index (κ2) is 10.9. The fraction of sp³-hybridized carbons (Fsp3) is 0.250. The van der Waals surface area contributed by atoms with Gasteiger partial charge >= 0.3 is 0 Å². The van der Waals surface area contributed by atoms with Crippen LogP contribution >= 0.6 is 0 Å². The summed E-state index contributed by atoms with van der Waals surface area (Å²) < 4.78 is 29.3. The Bertz CT molecular complexity index is 1740. The van der Waals surface area contributed by atoms with Crippen molar-refractivity contribution in [2.45, 2.75) is 30.3 Å². The van der Waals surface area contributed by atoms with Gasteiger partial charge in [0.2, 0.25) is 15.9 Å². The zero-order valence-corrected chi connectivity index (χ0v) is 22.8. The molecule has 2 aromatic carbocycles. The number of rotatable bonds is 7. The third kappa shape index (κ3) is 4.92. The van der Waals surface area contributed by atoms with Crippen molar-refractivity contribution in [1.29, 1.82) is 5.26 Å². The van der Waals surface area contributed by atoms with E-state index in [2.05, 4.69) is 16.5 Å². The molecule has 2 N–H and O–H groups in total.